The van der Waals surface area contributed by atoms with E-state index >= 15 is 0 Å². The molecule has 144 valence electrons. The maximum absolute atomic E-state index is 4.85. The second-order valence-electron chi connectivity index (χ2n) is 7.29. The SMILES string of the molecule is c1ccc(Cc2nc(-c3ccccc3)nnc2NCCN2CCCCC2)cc1. The van der Waals surface area contributed by atoms with E-state index < -0.39 is 0 Å². The normalized spacial score (nSPS) is 14.7. The van der Waals surface area contributed by atoms with Crippen LogP contribution in [0.1, 0.15) is 30.5 Å². The summed E-state index contributed by atoms with van der Waals surface area (Å²) in [5, 5.41) is 12.4. The van der Waals surface area contributed by atoms with E-state index in [2.05, 4.69) is 44.7 Å². The minimum atomic E-state index is 0.674. The van der Waals surface area contributed by atoms with Gasteiger partial charge < -0.3 is 10.2 Å². The lowest BCUT2D eigenvalue weighted by molar-refractivity contribution is 0.237. The summed E-state index contributed by atoms with van der Waals surface area (Å²) < 4.78 is 0. The molecule has 28 heavy (non-hydrogen) atoms. The molecule has 4 rings (SSSR count). The van der Waals surface area contributed by atoms with Crippen LogP contribution in [0.2, 0.25) is 0 Å². The van der Waals surface area contributed by atoms with Crippen LogP contribution in [0.4, 0.5) is 5.82 Å². The van der Waals surface area contributed by atoms with Crippen LogP contribution in [0.15, 0.2) is 60.7 Å². The average molecular weight is 374 g/mol. The van der Waals surface area contributed by atoms with Crippen LogP contribution in [-0.2, 0) is 6.42 Å². The molecule has 5 heteroatoms. The predicted octanol–water partition coefficient (Wildman–Crippen LogP) is 4.03. The van der Waals surface area contributed by atoms with Gasteiger partial charge in [0, 0.05) is 25.1 Å². The van der Waals surface area contributed by atoms with Gasteiger partial charge in [0.2, 0.25) is 0 Å². The second-order valence-corrected chi connectivity index (χ2v) is 7.29. The van der Waals surface area contributed by atoms with Crippen LogP contribution in [0, 0.1) is 0 Å². The lowest BCUT2D eigenvalue weighted by Gasteiger charge is -2.26. The fourth-order valence-electron chi connectivity index (χ4n) is 3.63. The lowest BCUT2D eigenvalue weighted by Crippen LogP contribution is -2.34. The van der Waals surface area contributed by atoms with Crippen molar-refractivity contribution in [3.8, 4) is 11.4 Å². The van der Waals surface area contributed by atoms with E-state index in [1.807, 2.05) is 36.4 Å². The van der Waals surface area contributed by atoms with Crippen molar-refractivity contribution in [2.24, 2.45) is 0 Å². The Morgan fingerprint density at radius 2 is 1.54 bits per heavy atom. The van der Waals surface area contributed by atoms with E-state index in [0.29, 0.717) is 5.82 Å². The minimum Gasteiger partial charge on any atom is -0.366 e. The van der Waals surface area contributed by atoms with Crippen LogP contribution in [0.3, 0.4) is 0 Å². The fraction of sp³-hybridized carbons (Fsp3) is 0.348. The highest BCUT2D eigenvalue weighted by Crippen LogP contribution is 2.19. The zero-order valence-corrected chi connectivity index (χ0v) is 16.2. The Labute approximate surface area is 166 Å². The topological polar surface area (TPSA) is 53.9 Å². The van der Waals surface area contributed by atoms with Crippen LogP contribution >= 0.6 is 0 Å². The van der Waals surface area contributed by atoms with Crippen molar-refractivity contribution < 1.29 is 0 Å². The third kappa shape index (κ3) is 4.93. The molecule has 0 aliphatic carbocycles. The van der Waals surface area contributed by atoms with Crippen molar-refractivity contribution in [3.63, 3.8) is 0 Å². The highest BCUT2D eigenvalue weighted by atomic mass is 15.2. The summed E-state index contributed by atoms with van der Waals surface area (Å²) in [7, 11) is 0. The first-order valence-electron chi connectivity index (χ1n) is 10.2. The van der Waals surface area contributed by atoms with Crippen molar-refractivity contribution in [2.75, 3.05) is 31.5 Å². The third-order valence-corrected chi connectivity index (χ3v) is 5.17. The zero-order valence-electron chi connectivity index (χ0n) is 16.2. The second kappa shape index (κ2) is 9.42. The molecule has 1 N–H and O–H groups in total. The summed E-state index contributed by atoms with van der Waals surface area (Å²) in [6.45, 7) is 4.31. The summed E-state index contributed by atoms with van der Waals surface area (Å²) in [6.07, 6.45) is 4.72. The van der Waals surface area contributed by atoms with E-state index in [4.69, 9.17) is 4.98 Å². The Balaban J connectivity index is 1.51. The molecular weight excluding hydrogens is 346 g/mol. The first kappa shape index (κ1) is 18.6. The first-order valence-corrected chi connectivity index (χ1v) is 10.2. The molecule has 0 radical (unpaired) electrons. The molecule has 0 amide bonds. The van der Waals surface area contributed by atoms with Crippen LogP contribution in [0.25, 0.3) is 11.4 Å². The van der Waals surface area contributed by atoms with Crippen molar-refractivity contribution in [1.29, 1.82) is 0 Å². The molecule has 1 fully saturated rings. The molecule has 0 spiro atoms. The van der Waals surface area contributed by atoms with Crippen molar-refractivity contribution in [3.05, 3.63) is 71.9 Å². The standard InChI is InChI=1S/C23H27N5/c1-4-10-19(11-5-1)18-21-23(24-14-17-28-15-8-3-9-16-28)27-26-22(25-21)20-12-6-2-7-13-20/h1-2,4-7,10-13H,3,8-9,14-18H2,(H,24,27). The van der Waals surface area contributed by atoms with Gasteiger partial charge in [0.1, 0.15) is 0 Å². The maximum Gasteiger partial charge on any atom is 0.182 e. The minimum absolute atomic E-state index is 0.674. The lowest BCUT2D eigenvalue weighted by atomic mass is 10.1. The molecule has 0 saturated carbocycles. The van der Waals surface area contributed by atoms with Gasteiger partial charge in [0.25, 0.3) is 0 Å². The van der Waals surface area contributed by atoms with Gasteiger partial charge in [-0.05, 0) is 31.5 Å². The Bertz CT molecular complexity index is 861. The Kier molecular flexibility index (Phi) is 6.25. The van der Waals surface area contributed by atoms with Gasteiger partial charge in [0.05, 0.1) is 5.69 Å². The molecule has 0 bridgehead atoms. The number of nitrogens with zero attached hydrogens (tertiary/aromatic N) is 4. The van der Waals surface area contributed by atoms with Gasteiger partial charge in [-0.15, -0.1) is 10.2 Å². The highest BCUT2D eigenvalue weighted by Gasteiger charge is 2.13. The van der Waals surface area contributed by atoms with Crippen molar-refractivity contribution >= 4 is 5.82 Å². The molecule has 3 aromatic rings. The number of anilines is 1. The third-order valence-electron chi connectivity index (χ3n) is 5.17. The average Bonchev–Trinajstić information content (AvgIpc) is 2.77. The molecule has 2 aromatic carbocycles. The number of rotatable bonds is 7. The fourth-order valence-corrected chi connectivity index (χ4v) is 3.63. The summed E-state index contributed by atoms with van der Waals surface area (Å²) in [5.41, 5.74) is 3.16. The molecule has 2 heterocycles. The van der Waals surface area contributed by atoms with Crippen LogP contribution in [-0.4, -0.2) is 46.3 Å². The quantitative estimate of drug-likeness (QED) is 0.678. The molecule has 5 nitrogen and oxygen atoms in total. The van der Waals surface area contributed by atoms with Gasteiger partial charge in [-0.1, -0.05) is 67.1 Å². The zero-order chi connectivity index (χ0) is 19.0. The van der Waals surface area contributed by atoms with E-state index in [1.165, 1.54) is 37.9 Å². The number of nitrogens with one attached hydrogen (secondary N) is 1. The summed E-state index contributed by atoms with van der Waals surface area (Å²) in [6, 6.07) is 20.5. The monoisotopic (exact) mass is 373 g/mol. The molecular formula is C23H27N5. The number of hydrogen-bond acceptors (Lipinski definition) is 5. The van der Waals surface area contributed by atoms with Gasteiger partial charge >= 0.3 is 0 Å². The van der Waals surface area contributed by atoms with E-state index in [9.17, 15) is 0 Å². The smallest absolute Gasteiger partial charge is 0.182 e. The summed E-state index contributed by atoms with van der Waals surface area (Å²) in [4.78, 5) is 7.37. The Hall–Kier alpha value is -2.79. The van der Waals surface area contributed by atoms with E-state index in [0.717, 1.165) is 36.6 Å². The van der Waals surface area contributed by atoms with Gasteiger partial charge in [0.15, 0.2) is 11.6 Å². The molecule has 1 aliphatic heterocycles. The highest BCUT2D eigenvalue weighted by molar-refractivity contribution is 5.56. The molecule has 1 aliphatic rings. The number of likely N-dealkylation sites (tertiary alicyclic amines) is 1. The predicted molar refractivity (Wildman–Crippen MR) is 113 cm³/mol. The summed E-state index contributed by atoms with van der Waals surface area (Å²) >= 11 is 0. The van der Waals surface area contributed by atoms with Gasteiger partial charge in [-0.2, -0.15) is 0 Å². The maximum atomic E-state index is 4.85. The van der Waals surface area contributed by atoms with Gasteiger partial charge in [-0.3, -0.25) is 0 Å². The number of hydrogen-bond donors (Lipinski definition) is 1. The number of piperidine rings is 1. The van der Waals surface area contributed by atoms with Crippen molar-refractivity contribution in [1.82, 2.24) is 20.1 Å². The van der Waals surface area contributed by atoms with Crippen LogP contribution in [0.5, 0.6) is 0 Å². The van der Waals surface area contributed by atoms with Crippen LogP contribution < -0.4 is 5.32 Å². The Morgan fingerprint density at radius 1 is 0.821 bits per heavy atom. The largest absolute Gasteiger partial charge is 0.366 e. The van der Waals surface area contributed by atoms with E-state index in [-0.39, 0.29) is 0 Å². The first-order chi connectivity index (χ1) is 13.9. The van der Waals surface area contributed by atoms with Crippen molar-refractivity contribution in [2.45, 2.75) is 25.7 Å². The van der Waals surface area contributed by atoms with Gasteiger partial charge in [-0.25, -0.2) is 4.98 Å². The van der Waals surface area contributed by atoms with E-state index in [1.54, 1.807) is 0 Å². The molecule has 0 atom stereocenters. The Morgan fingerprint density at radius 3 is 2.29 bits per heavy atom. The number of aromatic nitrogens is 3. The summed E-state index contributed by atoms with van der Waals surface area (Å²) in [5.74, 6) is 1.47. The molecule has 0 unspecified atom stereocenters. The molecule has 1 saturated heterocycles. The molecule has 1 aromatic heterocycles. The number of benzene rings is 2.